The molecule has 3 aromatic rings. The van der Waals surface area contributed by atoms with Gasteiger partial charge in [-0.3, -0.25) is 0 Å². The van der Waals surface area contributed by atoms with Gasteiger partial charge in [-0.2, -0.15) is 0 Å². The van der Waals surface area contributed by atoms with E-state index in [-0.39, 0.29) is 0 Å². The molecule has 0 fully saturated rings. The fourth-order valence-corrected chi connectivity index (χ4v) is 3.69. The molecule has 3 nitrogen and oxygen atoms in total. The topological polar surface area (TPSA) is 13.1 Å². The maximum absolute atomic E-state index is 2.55. The molecule has 0 N–H and O–H groups in total. The minimum absolute atomic E-state index is 1.03. The van der Waals surface area contributed by atoms with Crippen molar-refractivity contribution >= 4 is 10.9 Å². The average molecular weight is 293 g/mol. The van der Waals surface area contributed by atoms with Crippen LogP contribution in [0.15, 0.2) is 42.7 Å². The molecule has 0 bridgehead atoms. The number of hydrogen-bond acceptors (Lipinski definition) is 1. The Balaban J connectivity index is 1.79. The van der Waals surface area contributed by atoms with E-state index in [0.717, 1.165) is 32.6 Å². The first-order chi connectivity index (χ1) is 10.7. The second kappa shape index (κ2) is 5.33. The van der Waals surface area contributed by atoms with Crippen LogP contribution in [-0.2, 0) is 26.1 Å². The lowest BCUT2D eigenvalue weighted by molar-refractivity contribution is 0.308. The average Bonchev–Trinajstić information content (AvgIpc) is 3.11. The number of hydrogen-bond donors (Lipinski definition) is 0. The van der Waals surface area contributed by atoms with Crippen LogP contribution < -0.4 is 0 Å². The van der Waals surface area contributed by atoms with E-state index in [1.807, 2.05) is 0 Å². The van der Waals surface area contributed by atoms with Gasteiger partial charge in [-0.1, -0.05) is 11.6 Å². The summed E-state index contributed by atoms with van der Waals surface area (Å²) in [5.74, 6) is 0. The summed E-state index contributed by atoms with van der Waals surface area (Å²) < 4.78 is 4.82. The normalized spacial score (nSPS) is 15.4. The summed E-state index contributed by atoms with van der Waals surface area (Å²) in [6, 6.07) is 11.1. The summed E-state index contributed by atoms with van der Waals surface area (Å²) in [6.07, 6.45) is 5.46. The van der Waals surface area contributed by atoms with Gasteiger partial charge in [0, 0.05) is 61.6 Å². The first-order valence-electron chi connectivity index (χ1n) is 8.12. The number of nitrogens with zero attached hydrogens (tertiary/aromatic N) is 3. The zero-order chi connectivity index (χ0) is 15.1. The molecule has 0 atom stereocenters. The third-order valence-electron chi connectivity index (χ3n) is 4.85. The molecule has 4 rings (SSSR count). The van der Waals surface area contributed by atoms with Gasteiger partial charge < -0.3 is 14.0 Å². The van der Waals surface area contributed by atoms with Crippen molar-refractivity contribution in [3.63, 3.8) is 0 Å². The monoisotopic (exact) mass is 293 g/mol. The summed E-state index contributed by atoms with van der Waals surface area (Å²) in [5.41, 5.74) is 5.84. The molecule has 0 unspecified atom stereocenters. The molecule has 3 heteroatoms. The predicted molar refractivity (Wildman–Crippen MR) is 91.1 cm³/mol. The maximum Gasteiger partial charge on any atom is 0.0486 e. The van der Waals surface area contributed by atoms with Gasteiger partial charge in [-0.05, 0) is 43.8 Å². The summed E-state index contributed by atoms with van der Waals surface area (Å²) in [4.78, 5) is 2.43. The first-order valence-corrected chi connectivity index (χ1v) is 8.12. The Bertz CT molecular complexity index is 796. The van der Waals surface area contributed by atoms with E-state index in [1.54, 1.807) is 11.3 Å². The van der Waals surface area contributed by atoms with Crippen LogP contribution in [0.25, 0.3) is 10.9 Å². The van der Waals surface area contributed by atoms with Crippen molar-refractivity contribution in [2.24, 2.45) is 0 Å². The molecule has 1 aliphatic heterocycles. The highest BCUT2D eigenvalue weighted by Gasteiger charge is 2.22. The predicted octanol–water partition coefficient (Wildman–Crippen LogP) is 3.44. The molecule has 22 heavy (non-hydrogen) atoms. The van der Waals surface area contributed by atoms with E-state index in [4.69, 9.17) is 0 Å². The molecule has 0 amide bonds. The Kier molecular flexibility index (Phi) is 3.30. The molecule has 0 saturated carbocycles. The highest BCUT2D eigenvalue weighted by atomic mass is 15.1. The van der Waals surface area contributed by atoms with Crippen molar-refractivity contribution in [2.75, 3.05) is 13.6 Å². The Morgan fingerprint density at radius 2 is 1.91 bits per heavy atom. The molecule has 2 aromatic heterocycles. The Hall–Kier alpha value is -2.00. The van der Waals surface area contributed by atoms with Gasteiger partial charge in [0.05, 0.1) is 0 Å². The third-order valence-corrected chi connectivity index (χ3v) is 4.85. The van der Waals surface area contributed by atoms with Crippen molar-refractivity contribution in [1.29, 1.82) is 0 Å². The van der Waals surface area contributed by atoms with Crippen LogP contribution in [0.2, 0.25) is 0 Å². The van der Waals surface area contributed by atoms with Gasteiger partial charge >= 0.3 is 0 Å². The first kappa shape index (κ1) is 13.6. The summed E-state index contributed by atoms with van der Waals surface area (Å²) >= 11 is 0. The van der Waals surface area contributed by atoms with Gasteiger partial charge in [0.2, 0.25) is 0 Å². The summed E-state index contributed by atoms with van der Waals surface area (Å²) in [5, 5.41) is 1.45. The van der Waals surface area contributed by atoms with Gasteiger partial charge in [0.15, 0.2) is 0 Å². The molecular formula is C19H23N3. The fraction of sp³-hybridized carbons (Fsp3) is 0.368. The number of rotatable bonds is 3. The second-order valence-electron chi connectivity index (χ2n) is 6.51. The molecule has 0 aliphatic carbocycles. The number of fused-ring (bicyclic) bond motifs is 3. The second-order valence-corrected chi connectivity index (χ2v) is 6.51. The van der Waals surface area contributed by atoms with Crippen LogP contribution >= 0.6 is 0 Å². The van der Waals surface area contributed by atoms with Crippen molar-refractivity contribution in [3.8, 4) is 0 Å². The smallest absolute Gasteiger partial charge is 0.0486 e. The molecule has 0 radical (unpaired) electrons. The van der Waals surface area contributed by atoms with Crippen LogP contribution in [0.4, 0.5) is 0 Å². The number of benzene rings is 1. The number of likely N-dealkylation sites (N-methyl/N-ethyl adjacent to an activating group) is 1. The standard InChI is InChI=1S/C19H23N3/c1-15-5-6-18-16(13-15)17-14-20(2)10-7-19(17)22(18)12-11-21-8-3-4-9-21/h3-6,8-9,13H,7,10-12,14H2,1-2H3. The Morgan fingerprint density at radius 1 is 1.09 bits per heavy atom. The van der Waals surface area contributed by atoms with E-state index < -0.39 is 0 Å². The number of aromatic nitrogens is 2. The maximum atomic E-state index is 2.55. The van der Waals surface area contributed by atoms with Crippen molar-refractivity contribution in [3.05, 3.63) is 59.5 Å². The molecule has 0 saturated heterocycles. The van der Waals surface area contributed by atoms with Crippen molar-refractivity contribution in [2.45, 2.75) is 33.0 Å². The van der Waals surface area contributed by atoms with E-state index in [9.17, 15) is 0 Å². The van der Waals surface area contributed by atoms with Crippen LogP contribution in [0, 0.1) is 6.92 Å². The Labute approximate surface area is 131 Å². The van der Waals surface area contributed by atoms with Crippen molar-refractivity contribution in [1.82, 2.24) is 14.0 Å². The van der Waals surface area contributed by atoms with Crippen LogP contribution in [-0.4, -0.2) is 27.6 Å². The lowest BCUT2D eigenvalue weighted by Crippen LogP contribution is -2.27. The molecule has 3 heterocycles. The van der Waals surface area contributed by atoms with Gasteiger partial charge in [0.25, 0.3) is 0 Å². The molecule has 114 valence electrons. The molecular weight excluding hydrogens is 270 g/mol. The van der Waals surface area contributed by atoms with Crippen LogP contribution in [0.1, 0.15) is 16.8 Å². The van der Waals surface area contributed by atoms with E-state index in [0.29, 0.717) is 0 Å². The van der Waals surface area contributed by atoms with E-state index in [1.165, 1.54) is 16.5 Å². The SMILES string of the molecule is Cc1ccc2c(c1)c1c(n2CCn2cccc2)CCN(C)C1. The van der Waals surface area contributed by atoms with Gasteiger partial charge in [-0.25, -0.2) is 0 Å². The van der Waals surface area contributed by atoms with Crippen LogP contribution in [0.5, 0.6) is 0 Å². The lowest BCUT2D eigenvalue weighted by Gasteiger charge is -2.24. The highest BCUT2D eigenvalue weighted by Crippen LogP contribution is 2.31. The van der Waals surface area contributed by atoms with Crippen molar-refractivity contribution < 1.29 is 0 Å². The summed E-state index contributed by atoms with van der Waals surface area (Å²) in [7, 11) is 2.22. The van der Waals surface area contributed by atoms with E-state index >= 15 is 0 Å². The quantitative estimate of drug-likeness (QED) is 0.721. The lowest BCUT2D eigenvalue weighted by atomic mass is 10.0. The zero-order valence-corrected chi connectivity index (χ0v) is 13.4. The summed E-state index contributed by atoms with van der Waals surface area (Å²) in [6.45, 7) is 6.51. The van der Waals surface area contributed by atoms with Gasteiger partial charge in [0.1, 0.15) is 0 Å². The minimum atomic E-state index is 1.03. The number of aryl methyl sites for hydroxylation is 3. The fourth-order valence-electron chi connectivity index (χ4n) is 3.69. The highest BCUT2D eigenvalue weighted by molar-refractivity contribution is 5.86. The van der Waals surface area contributed by atoms with Crippen LogP contribution in [0.3, 0.4) is 0 Å². The largest absolute Gasteiger partial charge is 0.352 e. The molecule has 1 aromatic carbocycles. The molecule has 0 spiro atoms. The van der Waals surface area contributed by atoms with E-state index in [2.05, 4.69) is 70.7 Å². The third kappa shape index (κ3) is 2.26. The Morgan fingerprint density at radius 3 is 2.73 bits per heavy atom. The minimum Gasteiger partial charge on any atom is -0.352 e. The zero-order valence-electron chi connectivity index (χ0n) is 13.4. The van der Waals surface area contributed by atoms with Gasteiger partial charge in [-0.15, -0.1) is 0 Å². The molecule has 1 aliphatic rings.